The number of alkyl halides is 3. The van der Waals surface area contributed by atoms with Crippen LogP contribution in [0, 0.1) is 0 Å². The van der Waals surface area contributed by atoms with Crippen molar-refractivity contribution in [2.45, 2.75) is 57.5 Å². The summed E-state index contributed by atoms with van der Waals surface area (Å²) < 4.78 is 44.1. The molecule has 0 saturated heterocycles. The van der Waals surface area contributed by atoms with Gasteiger partial charge in [0.2, 0.25) is 11.8 Å². The van der Waals surface area contributed by atoms with E-state index in [-0.39, 0.29) is 17.7 Å². The smallest absolute Gasteiger partial charge is 0.416 e. The van der Waals surface area contributed by atoms with Crippen LogP contribution in [0.1, 0.15) is 38.3 Å². The number of rotatable bonds is 9. The molecule has 0 radical (unpaired) electrons. The number of nitrogens with zero attached hydrogens (tertiary/aromatic N) is 1. The maximum Gasteiger partial charge on any atom is 0.416 e. The van der Waals surface area contributed by atoms with Crippen LogP contribution in [0.25, 0.3) is 10.9 Å². The molecule has 1 heterocycles. The van der Waals surface area contributed by atoms with Crippen molar-refractivity contribution in [2.75, 3.05) is 5.32 Å². The third kappa shape index (κ3) is 9.48. The summed E-state index contributed by atoms with van der Waals surface area (Å²) in [5.74, 6) is -3.17. The predicted octanol–water partition coefficient (Wildman–Crippen LogP) is 4.29. The maximum absolute atomic E-state index is 13.3. The average molecular weight is 575 g/mol. The zero-order valence-corrected chi connectivity index (χ0v) is 22.4. The van der Waals surface area contributed by atoms with Gasteiger partial charge in [-0.1, -0.05) is 30.3 Å². The number of carboxylic acid groups (broad SMARTS) is 1. The van der Waals surface area contributed by atoms with Crippen molar-refractivity contribution >= 4 is 40.5 Å². The summed E-state index contributed by atoms with van der Waals surface area (Å²) >= 11 is 0. The number of alkyl carbamates (subject to hydrolysis) is 1. The van der Waals surface area contributed by atoms with Crippen LogP contribution in [0.4, 0.5) is 23.7 Å². The topological polar surface area (TPSA) is 147 Å². The summed E-state index contributed by atoms with van der Waals surface area (Å²) in [5.41, 5.74) is -0.589. The summed E-state index contributed by atoms with van der Waals surface area (Å²) in [7, 11) is 0. The second-order valence-corrected chi connectivity index (χ2v) is 10.2. The highest BCUT2D eigenvalue weighted by Crippen LogP contribution is 2.29. The number of hydrogen-bond donors (Lipinski definition) is 4. The fraction of sp³-hybridized carbons (Fsp3) is 0.321. The Hall–Kier alpha value is -4.68. The van der Waals surface area contributed by atoms with Gasteiger partial charge in [0.1, 0.15) is 17.7 Å². The van der Waals surface area contributed by atoms with Gasteiger partial charge in [0.05, 0.1) is 29.4 Å². The van der Waals surface area contributed by atoms with Gasteiger partial charge >= 0.3 is 18.2 Å². The van der Waals surface area contributed by atoms with Crippen molar-refractivity contribution in [2.24, 2.45) is 0 Å². The summed E-state index contributed by atoms with van der Waals surface area (Å²) in [6.45, 7) is 4.72. The molecule has 2 atom stereocenters. The number of carbonyl (C=O) groups excluding carboxylic acids is 3. The molecule has 3 aromatic rings. The fourth-order valence-corrected chi connectivity index (χ4v) is 3.75. The molecular weight excluding hydrogens is 545 g/mol. The number of hydrogen-bond acceptors (Lipinski definition) is 6. The van der Waals surface area contributed by atoms with E-state index in [4.69, 9.17) is 4.74 Å². The minimum absolute atomic E-state index is 0.247. The van der Waals surface area contributed by atoms with Crippen LogP contribution in [0.5, 0.6) is 0 Å². The number of anilines is 1. The monoisotopic (exact) mass is 574 g/mol. The van der Waals surface area contributed by atoms with Crippen LogP contribution in [0.3, 0.4) is 0 Å². The van der Waals surface area contributed by atoms with E-state index in [0.717, 1.165) is 17.5 Å². The molecule has 13 heteroatoms. The van der Waals surface area contributed by atoms with Gasteiger partial charge < -0.3 is 25.8 Å². The Balaban J connectivity index is 1.85. The minimum atomic E-state index is -4.57. The maximum atomic E-state index is 13.3. The molecule has 0 spiro atoms. The number of halogens is 3. The van der Waals surface area contributed by atoms with Crippen LogP contribution < -0.4 is 16.0 Å². The highest BCUT2D eigenvalue weighted by atomic mass is 19.4. The van der Waals surface area contributed by atoms with Crippen molar-refractivity contribution in [3.8, 4) is 0 Å². The molecule has 4 N–H and O–H groups in total. The molecule has 3 amide bonds. The van der Waals surface area contributed by atoms with Gasteiger partial charge in [-0.3, -0.25) is 19.4 Å². The highest BCUT2D eigenvalue weighted by molar-refractivity contribution is 6.00. The minimum Gasteiger partial charge on any atom is -0.481 e. The standard InChI is InChI=1S/C28H29F3N4O6/c1-27(2,3)41-26(40)35-22(14-23(36)37)25(39)34-21(12-16-8-10-18(11-9-16)28(29,30)31)24(38)33-19-13-17-6-4-5-7-20(17)32-15-19/h4-11,13,15,21-22H,12,14H2,1-3H3,(H,33,38)(H,34,39)(H,35,40)(H,36,37)/t21-,22-/m0/s1. The summed E-state index contributed by atoms with van der Waals surface area (Å²) in [5, 5.41) is 17.2. The van der Waals surface area contributed by atoms with Crippen LogP contribution in [-0.2, 0) is 31.7 Å². The number of nitrogens with one attached hydrogen (secondary N) is 3. The second kappa shape index (κ2) is 12.7. The van der Waals surface area contributed by atoms with Crippen molar-refractivity contribution in [1.29, 1.82) is 0 Å². The Morgan fingerprint density at radius 3 is 2.20 bits per heavy atom. The number of para-hydroxylation sites is 1. The van der Waals surface area contributed by atoms with Crippen molar-refractivity contribution in [1.82, 2.24) is 15.6 Å². The largest absolute Gasteiger partial charge is 0.481 e. The van der Waals surface area contributed by atoms with Crippen molar-refractivity contribution in [3.05, 3.63) is 71.9 Å². The molecule has 2 aromatic carbocycles. The quantitative estimate of drug-likeness (QED) is 0.298. The third-order valence-electron chi connectivity index (χ3n) is 5.60. The van der Waals surface area contributed by atoms with Crippen LogP contribution in [-0.4, -0.2) is 51.7 Å². The molecule has 0 aliphatic heterocycles. The number of fused-ring (bicyclic) bond motifs is 1. The van der Waals surface area contributed by atoms with E-state index < -0.39 is 59.7 Å². The number of benzene rings is 2. The summed E-state index contributed by atoms with van der Waals surface area (Å²) in [4.78, 5) is 54.3. The lowest BCUT2D eigenvalue weighted by atomic mass is 10.0. The molecule has 41 heavy (non-hydrogen) atoms. The molecule has 0 aliphatic rings. The molecule has 0 saturated carbocycles. The first-order valence-corrected chi connectivity index (χ1v) is 12.4. The first-order chi connectivity index (χ1) is 19.1. The van der Waals surface area contributed by atoms with E-state index in [0.29, 0.717) is 5.52 Å². The number of ether oxygens (including phenoxy) is 1. The number of aromatic nitrogens is 1. The molecule has 0 unspecified atom stereocenters. The summed E-state index contributed by atoms with van der Waals surface area (Å²) in [6.07, 6.45) is -5.29. The lowest BCUT2D eigenvalue weighted by molar-refractivity contribution is -0.140. The zero-order valence-electron chi connectivity index (χ0n) is 22.4. The number of amides is 3. The van der Waals surface area contributed by atoms with Crippen molar-refractivity contribution < 1.29 is 42.2 Å². The highest BCUT2D eigenvalue weighted by Gasteiger charge is 2.32. The molecule has 218 valence electrons. The first kappa shape index (κ1) is 30.9. The number of aliphatic carboxylic acids is 1. The van der Waals surface area contributed by atoms with Crippen molar-refractivity contribution in [3.63, 3.8) is 0 Å². The Bertz CT molecular complexity index is 1420. The second-order valence-electron chi connectivity index (χ2n) is 10.2. The Labute approximate surface area is 233 Å². The third-order valence-corrected chi connectivity index (χ3v) is 5.60. The van der Waals surface area contributed by atoms with Gasteiger partial charge in [0, 0.05) is 11.8 Å². The van der Waals surface area contributed by atoms with Crippen LogP contribution in [0.15, 0.2) is 60.8 Å². The normalized spacial score (nSPS) is 13.1. The number of carbonyl (C=O) groups is 4. The fourth-order valence-electron chi connectivity index (χ4n) is 3.75. The lowest BCUT2D eigenvalue weighted by Gasteiger charge is -2.25. The number of carboxylic acids is 1. The van der Waals surface area contributed by atoms with E-state index in [1.54, 1.807) is 51.1 Å². The SMILES string of the molecule is CC(C)(C)OC(=O)N[C@@H](CC(=O)O)C(=O)N[C@@H](Cc1ccc(C(F)(F)F)cc1)C(=O)Nc1cnc2ccccc2c1. The van der Waals surface area contributed by atoms with E-state index in [9.17, 15) is 37.5 Å². The Kier molecular flexibility index (Phi) is 9.53. The molecule has 0 aliphatic carbocycles. The molecule has 0 bridgehead atoms. The first-order valence-electron chi connectivity index (χ1n) is 12.4. The average Bonchev–Trinajstić information content (AvgIpc) is 2.86. The van der Waals surface area contributed by atoms with E-state index in [1.807, 2.05) is 0 Å². The predicted molar refractivity (Wildman–Crippen MR) is 143 cm³/mol. The molecule has 1 aromatic heterocycles. The molecule has 3 rings (SSSR count). The Morgan fingerprint density at radius 2 is 1.59 bits per heavy atom. The molecule has 10 nitrogen and oxygen atoms in total. The van der Waals surface area contributed by atoms with E-state index in [1.165, 1.54) is 18.3 Å². The van der Waals surface area contributed by atoms with Gasteiger partial charge in [-0.15, -0.1) is 0 Å². The van der Waals surface area contributed by atoms with Gasteiger partial charge in [-0.2, -0.15) is 13.2 Å². The van der Waals surface area contributed by atoms with Crippen LogP contribution in [0.2, 0.25) is 0 Å². The summed E-state index contributed by atoms with van der Waals surface area (Å²) in [6, 6.07) is 9.80. The molecular formula is C28H29F3N4O6. The Morgan fingerprint density at radius 1 is 0.927 bits per heavy atom. The van der Waals surface area contributed by atoms with Gasteiger partial charge in [-0.25, -0.2) is 4.79 Å². The van der Waals surface area contributed by atoms with Gasteiger partial charge in [-0.05, 0) is 50.6 Å². The van der Waals surface area contributed by atoms with E-state index in [2.05, 4.69) is 20.9 Å². The number of pyridine rings is 1. The van der Waals surface area contributed by atoms with Gasteiger partial charge in [0.15, 0.2) is 0 Å². The molecule has 0 fully saturated rings. The van der Waals surface area contributed by atoms with E-state index >= 15 is 0 Å². The van der Waals surface area contributed by atoms with Gasteiger partial charge in [0.25, 0.3) is 0 Å². The zero-order chi connectivity index (χ0) is 30.4. The lowest BCUT2D eigenvalue weighted by Crippen LogP contribution is -2.54. The van der Waals surface area contributed by atoms with Crippen LogP contribution >= 0.6 is 0 Å².